The quantitative estimate of drug-likeness (QED) is 0.793. The van der Waals surface area contributed by atoms with Crippen LogP contribution in [0.5, 0.6) is 0 Å². The van der Waals surface area contributed by atoms with Gasteiger partial charge in [0, 0.05) is 12.7 Å². The van der Waals surface area contributed by atoms with E-state index >= 15 is 0 Å². The Hall–Kier alpha value is -2.93. The van der Waals surface area contributed by atoms with E-state index in [1.54, 1.807) is 6.20 Å². The van der Waals surface area contributed by atoms with Crippen LogP contribution in [0.2, 0.25) is 0 Å². The Bertz CT molecular complexity index is 791. The summed E-state index contributed by atoms with van der Waals surface area (Å²) < 4.78 is 0. The highest BCUT2D eigenvalue weighted by Gasteiger charge is 2.07. The summed E-state index contributed by atoms with van der Waals surface area (Å²) in [4.78, 5) is 8.01. The number of nitriles is 1. The van der Waals surface area contributed by atoms with Crippen molar-refractivity contribution in [2.24, 2.45) is 0 Å². The van der Waals surface area contributed by atoms with Crippen molar-refractivity contribution in [3.8, 4) is 6.07 Å². The second kappa shape index (κ2) is 6.02. The summed E-state index contributed by atoms with van der Waals surface area (Å²) in [5.41, 5.74) is 1.82. The van der Waals surface area contributed by atoms with Crippen LogP contribution in [0, 0.1) is 11.3 Å². The Morgan fingerprint density at radius 1 is 1.10 bits per heavy atom. The summed E-state index contributed by atoms with van der Waals surface area (Å²) in [5, 5.41) is 14.9. The van der Waals surface area contributed by atoms with E-state index in [-0.39, 0.29) is 0 Å². The van der Waals surface area contributed by atoms with Crippen molar-refractivity contribution < 1.29 is 0 Å². The van der Waals surface area contributed by atoms with Gasteiger partial charge in [-0.15, -0.1) is 0 Å². The van der Waals surface area contributed by atoms with Gasteiger partial charge in [0.1, 0.15) is 12.1 Å². The highest BCUT2D eigenvalue weighted by Crippen LogP contribution is 2.22. The van der Waals surface area contributed by atoms with E-state index in [9.17, 15) is 5.26 Å². The Morgan fingerprint density at radius 3 is 2.81 bits per heavy atom. The van der Waals surface area contributed by atoms with Gasteiger partial charge in [-0.05, 0) is 34.9 Å². The van der Waals surface area contributed by atoms with Crippen LogP contribution in [0.4, 0.5) is 5.82 Å². The van der Waals surface area contributed by atoms with Crippen LogP contribution in [0.3, 0.4) is 0 Å². The van der Waals surface area contributed by atoms with Gasteiger partial charge in [-0.25, -0.2) is 9.97 Å². The molecule has 0 amide bonds. The van der Waals surface area contributed by atoms with E-state index in [0.717, 1.165) is 40.7 Å². The lowest BCUT2D eigenvalue weighted by Gasteiger charge is -2.10. The first-order valence-corrected chi connectivity index (χ1v) is 6.79. The Kier molecular flexibility index (Phi) is 3.74. The molecule has 102 valence electrons. The molecule has 21 heavy (non-hydrogen) atoms. The minimum absolute atomic E-state index is 0.722. The molecule has 2 aromatic carbocycles. The molecule has 1 aromatic heterocycles. The lowest BCUT2D eigenvalue weighted by molar-refractivity contribution is 1.00. The van der Waals surface area contributed by atoms with E-state index in [1.807, 2.05) is 30.3 Å². The molecule has 4 heteroatoms. The van der Waals surface area contributed by atoms with Gasteiger partial charge in [0.05, 0.1) is 11.6 Å². The van der Waals surface area contributed by atoms with Gasteiger partial charge in [0.25, 0.3) is 0 Å². The summed E-state index contributed by atoms with van der Waals surface area (Å²) in [6.07, 6.45) is 3.99. The van der Waals surface area contributed by atoms with Gasteiger partial charge in [0.2, 0.25) is 0 Å². The van der Waals surface area contributed by atoms with Crippen LogP contribution in [0.1, 0.15) is 11.1 Å². The topological polar surface area (TPSA) is 61.6 Å². The van der Waals surface area contributed by atoms with Crippen molar-refractivity contribution in [1.82, 2.24) is 9.97 Å². The molecule has 0 aliphatic rings. The molecule has 3 aromatic rings. The van der Waals surface area contributed by atoms with Crippen LogP contribution in [-0.2, 0) is 6.42 Å². The van der Waals surface area contributed by atoms with Gasteiger partial charge < -0.3 is 5.32 Å². The largest absolute Gasteiger partial charge is 0.370 e. The molecule has 0 atom stereocenters. The summed E-state index contributed by atoms with van der Waals surface area (Å²) in [5.74, 6) is 0.795. The maximum absolute atomic E-state index is 9.30. The average Bonchev–Trinajstić information content (AvgIpc) is 2.56. The second-order valence-corrected chi connectivity index (χ2v) is 4.70. The fraction of sp³-hybridized carbons (Fsp3) is 0.118. The smallest absolute Gasteiger partial charge is 0.129 e. The van der Waals surface area contributed by atoms with E-state index < -0.39 is 0 Å². The van der Waals surface area contributed by atoms with Gasteiger partial charge in [-0.3, -0.25) is 0 Å². The first-order valence-electron chi connectivity index (χ1n) is 6.79. The van der Waals surface area contributed by atoms with Crippen LogP contribution < -0.4 is 5.32 Å². The molecule has 0 unspecified atom stereocenters. The molecule has 1 N–H and O–H groups in total. The molecule has 3 rings (SSSR count). The van der Waals surface area contributed by atoms with Gasteiger partial charge in [-0.1, -0.05) is 30.3 Å². The summed E-state index contributed by atoms with van der Waals surface area (Å²) >= 11 is 0. The summed E-state index contributed by atoms with van der Waals surface area (Å²) in [7, 11) is 0. The number of nitrogens with zero attached hydrogens (tertiary/aromatic N) is 3. The number of rotatable bonds is 4. The standard InChI is InChI=1S/C17H14N4/c18-11-14-6-5-13-3-1-2-4-15(13)16(14)7-10-20-17-8-9-19-12-21-17/h1-6,8-9,12H,7,10H2,(H,19,20,21). The molecule has 0 radical (unpaired) electrons. The zero-order valence-corrected chi connectivity index (χ0v) is 11.5. The average molecular weight is 274 g/mol. The minimum atomic E-state index is 0.722. The Labute approximate surface area is 123 Å². The molecule has 0 aliphatic carbocycles. The zero-order valence-electron chi connectivity index (χ0n) is 11.5. The molecule has 0 saturated heterocycles. The molecular formula is C17H14N4. The number of benzene rings is 2. The second-order valence-electron chi connectivity index (χ2n) is 4.70. The Morgan fingerprint density at radius 2 is 2.00 bits per heavy atom. The highest BCUT2D eigenvalue weighted by atomic mass is 15.0. The number of fused-ring (bicyclic) bond motifs is 1. The van der Waals surface area contributed by atoms with E-state index in [2.05, 4.69) is 33.5 Å². The molecule has 0 aliphatic heterocycles. The zero-order chi connectivity index (χ0) is 14.5. The summed E-state index contributed by atoms with van der Waals surface area (Å²) in [6, 6.07) is 16.1. The third-order valence-corrected chi connectivity index (χ3v) is 3.42. The molecule has 0 spiro atoms. The van der Waals surface area contributed by atoms with Crippen molar-refractivity contribution in [2.45, 2.75) is 6.42 Å². The molecule has 0 fully saturated rings. The lowest BCUT2D eigenvalue weighted by atomic mass is 9.97. The predicted molar refractivity (Wildman–Crippen MR) is 82.9 cm³/mol. The van der Waals surface area contributed by atoms with Gasteiger partial charge >= 0.3 is 0 Å². The molecule has 0 bridgehead atoms. The third-order valence-electron chi connectivity index (χ3n) is 3.42. The lowest BCUT2D eigenvalue weighted by Crippen LogP contribution is -2.07. The number of anilines is 1. The van der Waals surface area contributed by atoms with Crippen molar-refractivity contribution in [3.05, 3.63) is 66.1 Å². The Balaban J connectivity index is 1.84. The monoisotopic (exact) mass is 274 g/mol. The SMILES string of the molecule is N#Cc1ccc2ccccc2c1CCNc1ccncn1. The number of hydrogen-bond acceptors (Lipinski definition) is 4. The molecular weight excluding hydrogens is 260 g/mol. The van der Waals surface area contributed by atoms with E-state index in [1.165, 1.54) is 6.33 Å². The fourth-order valence-electron chi connectivity index (χ4n) is 2.42. The maximum Gasteiger partial charge on any atom is 0.129 e. The third kappa shape index (κ3) is 2.82. The fourth-order valence-corrected chi connectivity index (χ4v) is 2.42. The number of hydrogen-bond donors (Lipinski definition) is 1. The number of aromatic nitrogens is 2. The summed E-state index contributed by atoms with van der Waals surface area (Å²) in [6.45, 7) is 0.722. The first-order chi connectivity index (χ1) is 10.4. The van der Waals surface area contributed by atoms with E-state index in [4.69, 9.17) is 0 Å². The molecule has 0 saturated carbocycles. The van der Waals surface area contributed by atoms with Crippen LogP contribution in [-0.4, -0.2) is 16.5 Å². The highest BCUT2D eigenvalue weighted by molar-refractivity contribution is 5.87. The predicted octanol–water partition coefficient (Wildman–Crippen LogP) is 3.16. The normalized spacial score (nSPS) is 10.2. The van der Waals surface area contributed by atoms with Crippen LogP contribution >= 0.6 is 0 Å². The minimum Gasteiger partial charge on any atom is -0.370 e. The van der Waals surface area contributed by atoms with Crippen molar-refractivity contribution in [1.29, 1.82) is 5.26 Å². The number of nitrogens with one attached hydrogen (secondary N) is 1. The maximum atomic E-state index is 9.30. The van der Waals surface area contributed by atoms with Gasteiger partial charge in [0.15, 0.2) is 0 Å². The van der Waals surface area contributed by atoms with Crippen LogP contribution in [0.25, 0.3) is 10.8 Å². The molecule has 4 nitrogen and oxygen atoms in total. The van der Waals surface area contributed by atoms with Crippen LogP contribution in [0.15, 0.2) is 55.0 Å². The first kappa shape index (κ1) is 13.1. The molecule has 1 heterocycles. The van der Waals surface area contributed by atoms with Gasteiger partial charge in [-0.2, -0.15) is 5.26 Å². The van der Waals surface area contributed by atoms with Crippen molar-refractivity contribution in [2.75, 3.05) is 11.9 Å². The van der Waals surface area contributed by atoms with Crippen molar-refractivity contribution in [3.63, 3.8) is 0 Å². The van der Waals surface area contributed by atoms with E-state index in [0.29, 0.717) is 0 Å². The van der Waals surface area contributed by atoms with Crippen molar-refractivity contribution >= 4 is 16.6 Å².